The molecule has 0 bridgehead atoms. The predicted molar refractivity (Wildman–Crippen MR) is 71.1 cm³/mol. The highest BCUT2D eigenvalue weighted by molar-refractivity contribution is 5.45. The number of ether oxygens (including phenoxy) is 2. The molecule has 1 aromatic rings. The van der Waals surface area contributed by atoms with Gasteiger partial charge in [0.1, 0.15) is 0 Å². The van der Waals surface area contributed by atoms with Crippen LogP contribution in [-0.2, 0) is 5.60 Å². The highest BCUT2D eigenvalue weighted by Crippen LogP contribution is 2.38. The molecular weight excluding hydrogens is 228 g/mol. The fourth-order valence-electron chi connectivity index (χ4n) is 2.38. The zero-order chi connectivity index (χ0) is 13.2. The number of hydrogen-bond acceptors (Lipinski definition) is 3. The maximum atomic E-state index is 10.7. The van der Waals surface area contributed by atoms with E-state index in [9.17, 15) is 5.11 Å². The van der Waals surface area contributed by atoms with Gasteiger partial charge < -0.3 is 14.6 Å². The minimum absolute atomic E-state index is 0.159. The van der Waals surface area contributed by atoms with Crippen LogP contribution in [0.3, 0.4) is 0 Å². The molecule has 2 rings (SSSR count). The van der Waals surface area contributed by atoms with Crippen molar-refractivity contribution in [1.82, 2.24) is 0 Å². The second-order valence-electron chi connectivity index (χ2n) is 5.14. The lowest BCUT2D eigenvalue weighted by atomic mass is 9.81. The quantitative estimate of drug-likeness (QED) is 0.896. The third-order valence-corrected chi connectivity index (χ3v) is 3.74. The van der Waals surface area contributed by atoms with E-state index in [1.54, 1.807) is 0 Å². The first-order valence-corrected chi connectivity index (χ1v) is 6.70. The summed E-state index contributed by atoms with van der Waals surface area (Å²) in [5.41, 5.74) is 0.106. The van der Waals surface area contributed by atoms with Crippen LogP contribution in [0.4, 0.5) is 0 Å². The van der Waals surface area contributed by atoms with Crippen LogP contribution in [0.2, 0.25) is 0 Å². The molecule has 3 heteroatoms. The summed E-state index contributed by atoms with van der Waals surface area (Å²) in [6, 6.07) is 5.76. The van der Waals surface area contributed by atoms with E-state index in [1.807, 2.05) is 39.0 Å². The van der Waals surface area contributed by atoms with Gasteiger partial charge in [-0.25, -0.2) is 0 Å². The molecule has 1 aliphatic heterocycles. The summed E-state index contributed by atoms with van der Waals surface area (Å²) >= 11 is 0. The Bertz CT molecular complexity index is 414. The lowest BCUT2D eigenvalue weighted by Gasteiger charge is -2.32. The summed E-state index contributed by atoms with van der Waals surface area (Å²) < 4.78 is 11.3. The van der Waals surface area contributed by atoms with Crippen LogP contribution >= 0.6 is 0 Å². The Balaban J connectivity index is 2.38. The first-order valence-electron chi connectivity index (χ1n) is 6.70. The third-order valence-electron chi connectivity index (χ3n) is 3.74. The number of rotatable bonds is 3. The van der Waals surface area contributed by atoms with Gasteiger partial charge in [0.05, 0.1) is 18.8 Å². The van der Waals surface area contributed by atoms with E-state index >= 15 is 0 Å². The van der Waals surface area contributed by atoms with Crippen molar-refractivity contribution in [1.29, 1.82) is 0 Å². The molecule has 0 radical (unpaired) electrons. The minimum Gasteiger partial charge on any atom is -0.490 e. The zero-order valence-corrected chi connectivity index (χ0v) is 11.4. The van der Waals surface area contributed by atoms with E-state index in [4.69, 9.17) is 9.47 Å². The van der Waals surface area contributed by atoms with Gasteiger partial charge in [0.15, 0.2) is 11.5 Å². The lowest BCUT2D eigenvalue weighted by molar-refractivity contribution is -0.0142. The third kappa shape index (κ3) is 2.32. The van der Waals surface area contributed by atoms with Crippen molar-refractivity contribution in [3.05, 3.63) is 23.8 Å². The van der Waals surface area contributed by atoms with Crippen molar-refractivity contribution in [3.8, 4) is 11.5 Å². The van der Waals surface area contributed by atoms with Crippen LogP contribution in [0.15, 0.2) is 18.2 Å². The molecule has 100 valence electrons. The van der Waals surface area contributed by atoms with Crippen molar-refractivity contribution < 1.29 is 14.6 Å². The van der Waals surface area contributed by atoms with Crippen LogP contribution in [0.1, 0.15) is 39.2 Å². The van der Waals surface area contributed by atoms with Gasteiger partial charge in [0, 0.05) is 6.42 Å². The highest BCUT2D eigenvalue weighted by atomic mass is 16.5. The lowest BCUT2D eigenvalue weighted by Crippen LogP contribution is -2.31. The van der Waals surface area contributed by atoms with Gasteiger partial charge in [-0.05, 0) is 30.0 Å². The predicted octanol–water partition coefficient (Wildman–Crippen LogP) is 3.10. The standard InChI is InChI=1S/C15H22O3/c1-4-15(16,11(2)3)12-6-7-13-14(10-12)18-9-5-8-17-13/h6-7,10-11,16H,4-5,8-9H2,1-3H3. The minimum atomic E-state index is -0.801. The monoisotopic (exact) mass is 250 g/mol. The van der Waals surface area contributed by atoms with Gasteiger partial charge in [-0.15, -0.1) is 0 Å². The van der Waals surface area contributed by atoms with Gasteiger partial charge >= 0.3 is 0 Å². The molecule has 1 aromatic carbocycles. The van der Waals surface area contributed by atoms with Gasteiger partial charge in [0.25, 0.3) is 0 Å². The first-order chi connectivity index (χ1) is 8.58. The smallest absolute Gasteiger partial charge is 0.161 e. The molecule has 1 aliphatic rings. The Hall–Kier alpha value is -1.22. The fraction of sp³-hybridized carbons (Fsp3) is 0.600. The van der Waals surface area contributed by atoms with Crippen LogP contribution in [0.5, 0.6) is 11.5 Å². The van der Waals surface area contributed by atoms with Crippen LogP contribution in [0.25, 0.3) is 0 Å². The molecule has 18 heavy (non-hydrogen) atoms. The summed E-state index contributed by atoms with van der Waals surface area (Å²) in [5.74, 6) is 1.68. The van der Waals surface area contributed by atoms with E-state index < -0.39 is 5.60 Å². The highest BCUT2D eigenvalue weighted by Gasteiger charge is 2.32. The molecule has 1 heterocycles. The summed E-state index contributed by atoms with van der Waals surface area (Å²) in [5, 5.41) is 10.7. The van der Waals surface area contributed by atoms with E-state index in [-0.39, 0.29) is 5.92 Å². The van der Waals surface area contributed by atoms with Crippen molar-refractivity contribution in [2.75, 3.05) is 13.2 Å². The molecule has 1 unspecified atom stereocenters. The molecule has 0 saturated heterocycles. The molecule has 0 aromatic heterocycles. The molecule has 1 N–H and O–H groups in total. The largest absolute Gasteiger partial charge is 0.490 e. The summed E-state index contributed by atoms with van der Waals surface area (Å²) in [6.45, 7) is 7.43. The van der Waals surface area contributed by atoms with E-state index in [0.29, 0.717) is 19.6 Å². The maximum absolute atomic E-state index is 10.7. The van der Waals surface area contributed by atoms with E-state index in [1.165, 1.54) is 0 Å². The van der Waals surface area contributed by atoms with Crippen LogP contribution < -0.4 is 9.47 Å². The summed E-state index contributed by atoms with van der Waals surface area (Å²) in [6.07, 6.45) is 1.58. The van der Waals surface area contributed by atoms with E-state index in [2.05, 4.69) is 0 Å². The Labute approximate surface area is 109 Å². The molecule has 1 atom stereocenters. The van der Waals surface area contributed by atoms with Crippen molar-refractivity contribution >= 4 is 0 Å². The second kappa shape index (κ2) is 5.19. The van der Waals surface area contributed by atoms with Crippen LogP contribution in [0, 0.1) is 5.92 Å². The molecular formula is C15H22O3. The summed E-state index contributed by atoms with van der Waals surface area (Å²) in [7, 11) is 0. The topological polar surface area (TPSA) is 38.7 Å². The zero-order valence-electron chi connectivity index (χ0n) is 11.4. The SMILES string of the molecule is CCC(O)(c1ccc2c(c1)OCCCO2)C(C)C. The molecule has 0 aliphatic carbocycles. The number of benzene rings is 1. The Morgan fingerprint density at radius 3 is 2.50 bits per heavy atom. The number of hydrogen-bond donors (Lipinski definition) is 1. The van der Waals surface area contributed by atoms with E-state index in [0.717, 1.165) is 23.5 Å². The second-order valence-corrected chi connectivity index (χ2v) is 5.14. The molecule has 3 nitrogen and oxygen atoms in total. The average molecular weight is 250 g/mol. The van der Waals surface area contributed by atoms with Crippen molar-refractivity contribution in [2.45, 2.75) is 39.2 Å². The Morgan fingerprint density at radius 1 is 1.22 bits per heavy atom. The van der Waals surface area contributed by atoms with Crippen molar-refractivity contribution in [2.24, 2.45) is 5.92 Å². The molecule has 0 saturated carbocycles. The van der Waals surface area contributed by atoms with Gasteiger partial charge in [0.2, 0.25) is 0 Å². The Kier molecular flexibility index (Phi) is 3.81. The maximum Gasteiger partial charge on any atom is 0.161 e. The van der Waals surface area contributed by atoms with Gasteiger partial charge in [-0.1, -0.05) is 26.8 Å². The molecule has 0 fully saturated rings. The number of fused-ring (bicyclic) bond motifs is 1. The normalized spacial score (nSPS) is 18.3. The number of aliphatic hydroxyl groups is 1. The van der Waals surface area contributed by atoms with Crippen LogP contribution in [-0.4, -0.2) is 18.3 Å². The first kappa shape index (κ1) is 13.2. The van der Waals surface area contributed by atoms with Gasteiger partial charge in [-0.3, -0.25) is 0 Å². The average Bonchev–Trinajstić information content (AvgIpc) is 2.61. The van der Waals surface area contributed by atoms with Crippen molar-refractivity contribution in [3.63, 3.8) is 0 Å². The fourth-order valence-corrected chi connectivity index (χ4v) is 2.38. The molecule has 0 spiro atoms. The summed E-state index contributed by atoms with van der Waals surface area (Å²) in [4.78, 5) is 0. The molecule has 0 amide bonds. The van der Waals surface area contributed by atoms with Gasteiger partial charge in [-0.2, -0.15) is 0 Å². The Morgan fingerprint density at radius 2 is 1.89 bits per heavy atom.